The van der Waals surface area contributed by atoms with E-state index < -0.39 is 0 Å². The van der Waals surface area contributed by atoms with Gasteiger partial charge in [-0.15, -0.1) is 0 Å². The van der Waals surface area contributed by atoms with E-state index in [4.69, 9.17) is 0 Å². The maximum Gasteiger partial charge on any atom is 0.221 e. The molecule has 0 radical (unpaired) electrons. The Morgan fingerprint density at radius 2 is 1.95 bits per heavy atom. The number of carbonyl (C=O) groups is 1. The lowest BCUT2D eigenvalue weighted by atomic mass is 9.95. The molecule has 0 heterocycles. The minimum absolute atomic E-state index is 0.0310. The number of benzene rings is 1. The Morgan fingerprint density at radius 1 is 1.20 bits per heavy atom. The standard InChI is InChI=1S/C16H23FN2O/c17-15-9-5-4-6-13(15)12-19-16(20)10-11-18-14-7-2-1-3-8-14/h4-6,9,14,18H,1-3,7-8,10-12H2,(H,19,20). The van der Waals surface area contributed by atoms with Gasteiger partial charge in [0.15, 0.2) is 0 Å². The average Bonchev–Trinajstić information content (AvgIpc) is 2.47. The fourth-order valence-corrected chi connectivity index (χ4v) is 2.62. The fourth-order valence-electron chi connectivity index (χ4n) is 2.62. The molecular formula is C16H23FN2O. The first-order chi connectivity index (χ1) is 9.75. The number of halogens is 1. The van der Waals surface area contributed by atoms with Crippen molar-refractivity contribution in [3.8, 4) is 0 Å². The molecule has 3 nitrogen and oxygen atoms in total. The van der Waals surface area contributed by atoms with Crippen LogP contribution in [-0.4, -0.2) is 18.5 Å². The minimum Gasteiger partial charge on any atom is -0.352 e. The van der Waals surface area contributed by atoms with E-state index in [0.717, 1.165) is 0 Å². The van der Waals surface area contributed by atoms with Crippen molar-refractivity contribution in [3.63, 3.8) is 0 Å². The van der Waals surface area contributed by atoms with Crippen LogP contribution >= 0.6 is 0 Å². The van der Waals surface area contributed by atoms with Gasteiger partial charge in [0.1, 0.15) is 5.82 Å². The zero-order valence-corrected chi connectivity index (χ0v) is 11.8. The van der Waals surface area contributed by atoms with Crippen LogP contribution in [0.25, 0.3) is 0 Å². The first-order valence-corrected chi connectivity index (χ1v) is 7.49. The normalized spacial score (nSPS) is 16.1. The average molecular weight is 278 g/mol. The summed E-state index contributed by atoms with van der Waals surface area (Å²) in [4.78, 5) is 11.7. The lowest BCUT2D eigenvalue weighted by molar-refractivity contribution is -0.121. The topological polar surface area (TPSA) is 41.1 Å². The summed E-state index contributed by atoms with van der Waals surface area (Å²) in [6, 6.07) is 7.09. The third-order valence-corrected chi connectivity index (χ3v) is 3.82. The van der Waals surface area contributed by atoms with Gasteiger partial charge in [0.2, 0.25) is 5.91 Å². The summed E-state index contributed by atoms with van der Waals surface area (Å²) < 4.78 is 13.4. The first-order valence-electron chi connectivity index (χ1n) is 7.49. The smallest absolute Gasteiger partial charge is 0.221 e. The second-order valence-corrected chi connectivity index (χ2v) is 5.41. The Hall–Kier alpha value is -1.42. The number of hydrogen-bond acceptors (Lipinski definition) is 2. The molecule has 20 heavy (non-hydrogen) atoms. The number of rotatable bonds is 6. The van der Waals surface area contributed by atoms with Gasteiger partial charge in [-0.05, 0) is 18.9 Å². The maximum atomic E-state index is 13.4. The van der Waals surface area contributed by atoms with Crippen LogP contribution in [0.1, 0.15) is 44.1 Å². The summed E-state index contributed by atoms with van der Waals surface area (Å²) in [6.45, 7) is 0.961. The second-order valence-electron chi connectivity index (χ2n) is 5.41. The Morgan fingerprint density at radius 3 is 2.70 bits per heavy atom. The zero-order chi connectivity index (χ0) is 14.2. The summed E-state index contributed by atoms with van der Waals surface area (Å²) in [6.07, 6.45) is 6.80. The van der Waals surface area contributed by atoms with Crippen LogP contribution in [-0.2, 0) is 11.3 Å². The van der Waals surface area contributed by atoms with Crippen LogP contribution in [0, 0.1) is 5.82 Å². The van der Waals surface area contributed by atoms with E-state index in [-0.39, 0.29) is 18.3 Å². The Kier molecular flexibility index (Phi) is 5.99. The predicted octanol–water partition coefficient (Wildman–Crippen LogP) is 2.75. The molecule has 0 aliphatic heterocycles. The number of hydrogen-bond donors (Lipinski definition) is 2. The quantitative estimate of drug-likeness (QED) is 0.840. The van der Waals surface area contributed by atoms with E-state index in [0.29, 0.717) is 24.6 Å². The minimum atomic E-state index is -0.270. The third-order valence-electron chi connectivity index (χ3n) is 3.82. The van der Waals surface area contributed by atoms with Gasteiger partial charge in [-0.1, -0.05) is 37.5 Å². The molecule has 1 amide bonds. The van der Waals surface area contributed by atoms with Crippen LogP contribution in [0.5, 0.6) is 0 Å². The van der Waals surface area contributed by atoms with Gasteiger partial charge >= 0.3 is 0 Å². The van der Waals surface area contributed by atoms with Crippen LogP contribution in [0.3, 0.4) is 0 Å². The van der Waals surface area contributed by atoms with Crippen molar-refractivity contribution in [1.29, 1.82) is 0 Å². The van der Waals surface area contributed by atoms with Crippen LogP contribution in [0.2, 0.25) is 0 Å². The summed E-state index contributed by atoms with van der Waals surface area (Å²) in [5.74, 6) is -0.301. The van der Waals surface area contributed by atoms with Crippen molar-refractivity contribution in [2.45, 2.75) is 51.1 Å². The lowest BCUT2D eigenvalue weighted by Gasteiger charge is -2.22. The largest absolute Gasteiger partial charge is 0.352 e. The third kappa shape index (κ3) is 4.93. The highest BCUT2D eigenvalue weighted by atomic mass is 19.1. The molecule has 0 bridgehead atoms. The molecule has 2 N–H and O–H groups in total. The molecule has 0 aromatic heterocycles. The highest BCUT2D eigenvalue weighted by Crippen LogP contribution is 2.17. The van der Waals surface area contributed by atoms with Crippen LogP contribution in [0.15, 0.2) is 24.3 Å². The Labute approximate surface area is 120 Å². The van der Waals surface area contributed by atoms with Gasteiger partial charge < -0.3 is 10.6 Å². The molecule has 0 spiro atoms. The van der Waals surface area contributed by atoms with E-state index >= 15 is 0 Å². The SMILES string of the molecule is O=C(CCNC1CCCCC1)NCc1ccccc1F. The van der Waals surface area contributed by atoms with Gasteiger partial charge in [-0.2, -0.15) is 0 Å². The van der Waals surface area contributed by atoms with E-state index in [2.05, 4.69) is 10.6 Å². The molecule has 1 fully saturated rings. The zero-order valence-electron chi connectivity index (χ0n) is 11.8. The van der Waals surface area contributed by atoms with Crippen molar-refractivity contribution in [2.24, 2.45) is 0 Å². The summed E-state index contributed by atoms with van der Waals surface area (Å²) in [7, 11) is 0. The molecule has 0 atom stereocenters. The molecule has 4 heteroatoms. The molecule has 0 saturated heterocycles. The van der Waals surface area contributed by atoms with Gasteiger partial charge in [-0.25, -0.2) is 4.39 Å². The fraction of sp³-hybridized carbons (Fsp3) is 0.562. The van der Waals surface area contributed by atoms with E-state index in [1.54, 1.807) is 18.2 Å². The molecule has 1 aliphatic carbocycles. The second kappa shape index (κ2) is 8.00. The molecule has 2 rings (SSSR count). The predicted molar refractivity (Wildman–Crippen MR) is 77.7 cm³/mol. The molecule has 0 unspecified atom stereocenters. The van der Waals surface area contributed by atoms with Gasteiger partial charge in [0.05, 0.1) is 0 Å². The van der Waals surface area contributed by atoms with Crippen molar-refractivity contribution < 1.29 is 9.18 Å². The molecule has 1 aromatic carbocycles. The Balaban J connectivity index is 1.62. The van der Waals surface area contributed by atoms with Crippen molar-refractivity contribution >= 4 is 5.91 Å². The van der Waals surface area contributed by atoms with E-state index in [1.807, 2.05) is 0 Å². The van der Waals surface area contributed by atoms with Gasteiger partial charge in [-0.3, -0.25) is 4.79 Å². The Bertz CT molecular complexity index is 430. The number of carbonyl (C=O) groups excluding carboxylic acids is 1. The highest BCUT2D eigenvalue weighted by molar-refractivity contribution is 5.76. The molecule has 1 saturated carbocycles. The molecule has 1 aromatic rings. The number of amides is 1. The molecule has 1 aliphatic rings. The molecular weight excluding hydrogens is 255 g/mol. The molecule has 110 valence electrons. The van der Waals surface area contributed by atoms with Crippen LogP contribution in [0.4, 0.5) is 4.39 Å². The van der Waals surface area contributed by atoms with Gasteiger partial charge in [0, 0.05) is 31.1 Å². The van der Waals surface area contributed by atoms with E-state index in [9.17, 15) is 9.18 Å². The summed E-state index contributed by atoms with van der Waals surface area (Å²) in [5, 5.41) is 6.19. The lowest BCUT2D eigenvalue weighted by Crippen LogP contribution is -2.34. The summed E-state index contributed by atoms with van der Waals surface area (Å²) >= 11 is 0. The van der Waals surface area contributed by atoms with E-state index in [1.165, 1.54) is 38.2 Å². The number of nitrogens with one attached hydrogen (secondary N) is 2. The maximum absolute atomic E-state index is 13.4. The van der Waals surface area contributed by atoms with Gasteiger partial charge in [0.25, 0.3) is 0 Å². The first kappa shape index (κ1) is 15.0. The van der Waals surface area contributed by atoms with Crippen LogP contribution < -0.4 is 10.6 Å². The summed E-state index contributed by atoms with van der Waals surface area (Å²) in [5.41, 5.74) is 0.529. The highest BCUT2D eigenvalue weighted by Gasteiger charge is 2.12. The van der Waals surface area contributed by atoms with Crippen molar-refractivity contribution in [3.05, 3.63) is 35.6 Å². The van der Waals surface area contributed by atoms with Crippen molar-refractivity contribution in [2.75, 3.05) is 6.54 Å². The van der Waals surface area contributed by atoms with Crippen molar-refractivity contribution in [1.82, 2.24) is 10.6 Å². The monoisotopic (exact) mass is 278 g/mol.